The Labute approximate surface area is 186 Å². The highest BCUT2D eigenvalue weighted by molar-refractivity contribution is 9.10. The van der Waals surface area contributed by atoms with Gasteiger partial charge in [-0.1, -0.05) is 54.9 Å². The fraction of sp³-hybridized carbons (Fsp3) is 0.435. The SMILES string of the molecule is CC1(C)C(NC(=O)c2ccc(Br)cc2S(=O)(=O)Nc2ccccc2)[C@@]2(C)CC[C@@H]1C2. The molecule has 2 N–H and O–H groups in total. The molecule has 7 heteroatoms. The first-order valence-electron chi connectivity index (χ1n) is 10.2. The van der Waals surface area contributed by atoms with Gasteiger partial charge in [0.2, 0.25) is 0 Å². The maximum Gasteiger partial charge on any atom is 0.262 e. The van der Waals surface area contributed by atoms with Gasteiger partial charge in [0, 0.05) is 16.2 Å². The van der Waals surface area contributed by atoms with E-state index in [1.807, 2.05) is 6.07 Å². The molecule has 0 aromatic heterocycles. The second kappa shape index (κ2) is 7.38. The lowest BCUT2D eigenvalue weighted by Crippen LogP contribution is -2.52. The Morgan fingerprint density at radius 3 is 2.43 bits per heavy atom. The van der Waals surface area contributed by atoms with Gasteiger partial charge in [0.15, 0.2) is 0 Å². The highest BCUT2D eigenvalue weighted by atomic mass is 79.9. The number of rotatable bonds is 5. The van der Waals surface area contributed by atoms with Crippen LogP contribution in [0, 0.1) is 16.7 Å². The van der Waals surface area contributed by atoms with Crippen LogP contribution in [-0.4, -0.2) is 20.4 Å². The Morgan fingerprint density at radius 2 is 1.80 bits per heavy atom. The highest BCUT2D eigenvalue weighted by Crippen LogP contribution is 2.62. The molecule has 0 aliphatic heterocycles. The Balaban J connectivity index is 1.66. The fourth-order valence-electron chi connectivity index (χ4n) is 5.49. The number of amides is 1. The first kappa shape index (κ1) is 21.4. The summed E-state index contributed by atoms with van der Waals surface area (Å²) in [5.41, 5.74) is 0.647. The number of sulfonamides is 1. The first-order valence-corrected chi connectivity index (χ1v) is 12.5. The standard InChI is InChI=1S/C23H27BrN2O3S/c1-22(2)15-11-12-23(3,14-15)21(22)25-20(27)18-10-9-16(24)13-19(18)30(28,29)26-17-7-5-4-6-8-17/h4-10,13,15,21,26H,11-12,14H2,1-3H3,(H,25,27)/t15-,21?,23+/m1/s1. The largest absolute Gasteiger partial charge is 0.348 e. The number of anilines is 1. The summed E-state index contributed by atoms with van der Waals surface area (Å²) in [5.74, 6) is 0.239. The molecule has 2 bridgehead atoms. The molecule has 4 rings (SSSR count). The van der Waals surface area contributed by atoms with Gasteiger partial charge < -0.3 is 5.32 Å². The zero-order valence-corrected chi connectivity index (χ0v) is 19.8. The fourth-order valence-corrected chi connectivity index (χ4v) is 7.29. The summed E-state index contributed by atoms with van der Waals surface area (Å²) in [6.07, 6.45) is 3.38. The van der Waals surface area contributed by atoms with Crippen molar-refractivity contribution < 1.29 is 13.2 Å². The Bertz CT molecular complexity index is 1080. The predicted octanol–water partition coefficient (Wildman–Crippen LogP) is 5.19. The molecule has 0 heterocycles. The van der Waals surface area contributed by atoms with Gasteiger partial charge >= 0.3 is 0 Å². The maximum atomic E-state index is 13.3. The van der Waals surface area contributed by atoms with Crippen molar-refractivity contribution in [2.45, 2.75) is 51.0 Å². The summed E-state index contributed by atoms with van der Waals surface area (Å²) in [6.45, 7) is 6.66. The van der Waals surface area contributed by atoms with Gasteiger partial charge in [-0.05, 0) is 66.3 Å². The van der Waals surface area contributed by atoms with Crippen LogP contribution >= 0.6 is 15.9 Å². The van der Waals surface area contributed by atoms with E-state index >= 15 is 0 Å². The number of carbonyl (C=O) groups is 1. The van der Waals surface area contributed by atoms with E-state index in [0.717, 1.165) is 12.8 Å². The van der Waals surface area contributed by atoms with Crippen LogP contribution in [0.3, 0.4) is 0 Å². The molecule has 30 heavy (non-hydrogen) atoms. The van der Waals surface area contributed by atoms with Crippen molar-refractivity contribution in [3.63, 3.8) is 0 Å². The third-order valence-corrected chi connectivity index (χ3v) is 8.96. The number of nitrogens with one attached hydrogen (secondary N) is 2. The normalized spacial score (nSPS) is 27.1. The number of fused-ring (bicyclic) bond motifs is 2. The third kappa shape index (κ3) is 3.66. The van der Waals surface area contributed by atoms with Crippen molar-refractivity contribution in [3.05, 3.63) is 58.6 Å². The molecule has 3 atom stereocenters. The average molecular weight is 491 g/mol. The van der Waals surface area contributed by atoms with Crippen LogP contribution in [0.25, 0.3) is 0 Å². The molecule has 2 aliphatic rings. The van der Waals surface area contributed by atoms with Crippen LogP contribution in [0.2, 0.25) is 0 Å². The topological polar surface area (TPSA) is 75.3 Å². The van der Waals surface area contributed by atoms with Crippen molar-refractivity contribution in [1.29, 1.82) is 0 Å². The highest BCUT2D eigenvalue weighted by Gasteiger charge is 2.59. The summed E-state index contributed by atoms with van der Waals surface area (Å²) in [7, 11) is -3.94. The number of benzene rings is 2. The van der Waals surface area contributed by atoms with Crippen LogP contribution in [0.1, 0.15) is 50.4 Å². The summed E-state index contributed by atoms with van der Waals surface area (Å²) in [5, 5.41) is 3.21. The zero-order valence-electron chi connectivity index (χ0n) is 17.4. The molecule has 2 fully saturated rings. The third-order valence-electron chi connectivity index (χ3n) is 7.05. The van der Waals surface area contributed by atoms with Gasteiger partial charge in [-0.25, -0.2) is 8.42 Å². The molecule has 0 saturated heterocycles. The van der Waals surface area contributed by atoms with Gasteiger partial charge in [-0.15, -0.1) is 0 Å². The minimum atomic E-state index is -3.94. The van der Waals surface area contributed by atoms with Gasteiger partial charge in [0.1, 0.15) is 4.90 Å². The van der Waals surface area contributed by atoms with Gasteiger partial charge in [-0.3, -0.25) is 9.52 Å². The van der Waals surface area contributed by atoms with Crippen molar-refractivity contribution >= 4 is 37.5 Å². The predicted molar refractivity (Wildman–Crippen MR) is 122 cm³/mol. The molecule has 5 nitrogen and oxygen atoms in total. The van der Waals surface area contributed by atoms with Crippen LogP contribution in [0.4, 0.5) is 5.69 Å². The quantitative estimate of drug-likeness (QED) is 0.604. The molecule has 1 unspecified atom stereocenters. The lowest BCUT2D eigenvalue weighted by atomic mass is 9.68. The molecule has 2 aromatic rings. The maximum absolute atomic E-state index is 13.3. The first-order chi connectivity index (χ1) is 14.0. The molecule has 1 amide bonds. The molecule has 2 saturated carbocycles. The van der Waals surface area contributed by atoms with E-state index in [1.165, 1.54) is 12.5 Å². The summed E-state index contributed by atoms with van der Waals surface area (Å²) in [4.78, 5) is 13.3. The molecule has 0 spiro atoms. The zero-order chi connectivity index (χ0) is 21.7. The lowest BCUT2D eigenvalue weighted by molar-refractivity contribution is 0.0734. The van der Waals surface area contributed by atoms with E-state index < -0.39 is 10.0 Å². The number of para-hydroxylation sites is 1. The minimum Gasteiger partial charge on any atom is -0.348 e. The number of hydrogen-bond donors (Lipinski definition) is 2. The molecule has 2 aromatic carbocycles. The van der Waals surface area contributed by atoms with Crippen molar-refractivity contribution in [2.75, 3.05) is 4.72 Å². The van der Waals surface area contributed by atoms with E-state index in [2.05, 4.69) is 46.7 Å². The number of carbonyl (C=O) groups excluding carboxylic acids is 1. The number of halogens is 1. The summed E-state index contributed by atoms with van der Waals surface area (Å²) >= 11 is 3.34. The smallest absolute Gasteiger partial charge is 0.262 e. The number of hydrogen-bond acceptors (Lipinski definition) is 3. The van der Waals surface area contributed by atoms with Crippen molar-refractivity contribution in [2.24, 2.45) is 16.7 Å². The molecular formula is C23H27BrN2O3S. The van der Waals surface area contributed by atoms with Crippen molar-refractivity contribution in [3.8, 4) is 0 Å². The summed E-state index contributed by atoms with van der Waals surface area (Å²) in [6, 6.07) is 13.4. The second-order valence-electron chi connectivity index (χ2n) is 9.43. The van der Waals surface area contributed by atoms with Gasteiger partial charge in [0.05, 0.1) is 5.56 Å². The van der Waals surface area contributed by atoms with Crippen LogP contribution < -0.4 is 10.0 Å². The average Bonchev–Trinajstić information content (AvgIpc) is 3.16. The minimum absolute atomic E-state index is 0.0116. The van der Waals surface area contributed by atoms with E-state index in [0.29, 0.717) is 16.1 Å². The van der Waals surface area contributed by atoms with E-state index in [4.69, 9.17) is 0 Å². The van der Waals surface area contributed by atoms with E-state index in [1.54, 1.807) is 36.4 Å². The Hall–Kier alpha value is -1.86. The van der Waals surface area contributed by atoms with Crippen molar-refractivity contribution in [1.82, 2.24) is 5.32 Å². The Kier molecular flexibility index (Phi) is 5.26. The Morgan fingerprint density at radius 1 is 1.10 bits per heavy atom. The molecular weight excluding hydrogens is 464 g/mol. The monoisotopic (exact) mass is 490 g/mol. The van der Waals surface area contributed by atoms with Crippen LogP contribution in [-0.2, 0) is 10.0 Å². The summed E-state index contributed by atoms with van der Waals surface area (Å²) < 4.78 is 29.4. The van der Waals surface area contributed by atoms with Gasteiger partial charge in [0.25, 0.3) is 15.9 Å². The second-order valence-corrected chi connectivity index (χ2v) is 12.0. The van der Waals surface area contributed by atoms with Crippen LogP contribution in [0.5, 0.6) is 0 Å². The lowest BCUT2D eigenvalue weighted by Gasteiger charge is -2.43. The van der Waals surface area contributed by atoms with E-state index in [9.17, 15) is 13.2 Å². The molecule has 2 aliphatic carbocycles. The molecule has 160 valence electrons. The van der Waals surface area contributed by atoms with Gasteiger partial charge in [-0.2, -0.15) is 0 Å². The van der Waals surface area contributed by atoms with E-state index in [-0.39, 0.29) is 33.2 Å². The van der Waals surface area contributed by atoms with Crippen LogP contribution in [0.15, 0.2) is 57.9 Å². The molecule has 0 radical (unpaired) electrons.